The summed E-state index contributed by atoms with van der Waals surface area (Å²) >= 11 is 0. The van der Waals surface area contributed by atoms with Gasteiger partial charge < -0.3 is 9.47 Å². The third-order valence-corrected chi connectivity index (χ3v) is 4.95. The normalized spacial score (nSPS) is 13.7. The molecule has 4 heteroatoms. The molecule has 4 nitrogen and oxygen atoms in total. The van der Waals surface area contributed by atoms with Crippen LogP contribution < -0.4 is 0 Å². The molecule has 32 heavy (non-hydrogen) atoms. The first-order valence-electron chi connectivity index (χ1n) is 11.3. The maximum Gasteiger partial charge on any atom is 0.310 e. The zero-order chi connectivity index (χ0) is 23.6. The summed E-state index contributed by atoms with van der Waals surface area (Å²) in [7, 11) is 0. The van der Waals surface area contributed by atoms with E-state index >= 15 is 0 Å². The van der Waals surface area contributed by atoms with Gasteiger partial charge in [0.2, 0.25) is 0 Å². The van der Waals surface area contributed by atoms with E-state index in [1.54, 1.807) is 0 Å². The number of allylic oxidation sites excluding steroid dienone is 1. The Morgan fingerprint density at radius 2 is 1.47 bits per heavy atom. The molecule has 0 aliphatic carbocycles. The molecule has 0 radical (unpaired) electrons. The Kier molecular flexibility index (Phi) is 9.70. The third kappa shape index (κ3) is 9.09. The van der Waals surface area contributed by atoms with Crippen molar-refractivity contribution in [3.8, 4) is 0 Å². The zero-order valence-electron chi connectivity index (χ0n) is 19.9. The minimum Gasteiger partial charge on any atom is -0.461 e. The van der Waals surface area contributed by atoms with Crippen LogP contribution >= 0.6 is 0 Å². The highest BCUT2D eigenvalue weighted by Crippen LogP contribution is 2.29. The number of benzene rings is 2. The summed E-state index contributed by atoms with van der Waals surface area (Å²) in [5.41, 5.74) is 1.33. The van der Waals surface area contributed by atoms with Crippen molar-refractivity contribution in [2.75, 3.05) is 0 Å². The highest BCUT2D eigenvalue weighted by Gasteiger charge is 2.37. The molecule has 0 bridgehead atoms. The molecule has 0 saturated heterocycles. The summed E-state index contributed by atoms with van der Waals surface area (Å²) in [4.78, 5) is 26.3. The average Bonchev–Trinajstić information content (AvgIpc) is 2.74. The van der Waals surface area contributed by atoms with Gasteiger partial charge >= 0.3 is 11.9 Å². The number of ether oxygens (including phenoxy) is 2. The van der Waals surface area contributed by atoms with Gasteiger partial charge in [-0.1, -0.05) is 86.7 Å². The van der Waals surface area contributed by atoms with Crippen LogP contribution in [-0.2, 0) is 25.7 Å². The van der Waals surface area contributed by atoms with Gasteiger partial charge in [0.25, 0.3) is 0 Å². The summed E-state index contributed by atoms with van der Waals surface area (Å²) < 4.78 is 11.3. The van der Waals surface area contributed by atoms with Crippen LogP contribution in [0.2, 0.25) is 0 Å². The molecule has 172 valence electrons. The van der Waals surface area contributed by atoms with Gasteiger partial charge in [-0.15, -0.1) is 0 Å². The lowest BCUT2D eigenvalue weighted by atomic mass is 9.83. The molecule has 0 aliphatic rings. The summed E-state index contributed by atoms with van der Waals surface area (Å²) in [6.07, 6.45) is 4.87. The van der Waals surface area contributed by atoms with Crippen LogP contribution in [0.25, 0.3) is 6.08 Å². The SMILES string of the molecule is CC(C)C[C@H](C(=O)OCc1ccccc1)[C@H](CC=Cc1ccccc1)C(=O)OC(C)(C)C. The highest BCUT2D eigenvalue weighted by molar-refractivity contribution is 5.82. The van der Waals surface area contributed by atoms with Crippen molar-refractivity contribution in [2.45, 2.75) is 59.7 Å². The zero-order valence-corrected chi connectivity index (χ0v) is 19.9. The maximum absolute atomic E-state index is 13.1. The van der Waals surface area contributed by atoms with Crippen molar-refractivity contribution < 1.29 is 19.1 Å². The second kappa shape index (κ2) is 12.2. The van der Waals surface area contributed by atoms with E-state index < -0.39 is 17.4 Å². The monoisotopic (exact) mass is 436 g/mol. The van der Waals surface area contributed by atoms with Crippen LogP contribution in [0.1, 0.15) is 58.6 Å². The van der Waals surface area contributed by atoms with Gasteiger partial charge in [-0.25, -0.2) is 0 Å². The third-order valence-electron chi connectivity index (χ3n) is 4.95. The van der Waals surface area contributed by atoms with E-state index in [9.17, 15) is 9.59 Å². The van der Waals surface area contributed by atoms with E-state index in [1.165, 1.54) is 0 Å². The lowest BCUT2D eigenvalue weighted by molar-refractivity contribution is -0.169. The Balaban J connectivity index is 2.22. The Bertz CT molecular complexity index is 863. The first-order valence-corrected chi connectivity index (χ1v) is 11.3. The number of esters is 2. The molecule has 0 unspecified atom stereocenters. The molecule has 0 spiro atoms. The number of rotatable bonds is 10. The Morgan fingerprint density at radius 1 is 0.875 bits per heavy atom. The molecule has 2 atom stereocenters. The van der Waals surface area contributed by atoms with Gasteiger partial charge in [0.05, 0.1) is 11.8 Å². The maximum atomic E-state index is 13.1. The predicted molar refractivity (Wildman–Crippen MR) is 129 cm³/mol. The molecule has 0 N–H and O–H groups in total. The highest BCUT2D eigenvalue weighted by atomic mass is 16.6. The minimum absolute atomic E-state index is 0.190. The minimum atomic E-state index is -0.630. The topological polar surface area (TPSA) is 52.6 Å². The first kappa shape index (κ1) is 25.4. The largest absolute Gasteiger partial charge is 0.461 e. The fraction of sp³-hybridized carbons (Fsp3) is 0.429. The van der Waals surface area contributed by atoms with Crippen LogP contribution in [0.15, 0.2) is 66.7 Å². The van der Waals surface area contributed by atoms with Crippen molar-refractivity contribution >= 4 is 18.0 Å². The van der Waals surface area contributed by atoms with Gasteiger partial charge in [0.15, 0.2) is 0 Å². The summed E-state index contributed by atoms with van der Waals surface area (Å²) in [5, 5.41) is 0. The fourth-order valence-corrected chi connectivity index (χ4v) is 3.49. The van der Waals surface area contributed by atoms with E-state index in [4.69, 9.17) is 9.47 Å². The van der Waals surface area contributed by atoms with Crippen LogP contribution in [-0.4, -0.2) is 17.5 Å². The van der Waals surface area contributed by atoms with Gasteiger partial charge in [-0.05, 0) is 50.7 Å². The van der Waals surface area contributed by atoms with Gasteiger partial charge in [-0.3, -0.25) is 9.59 Å². The van der Waals surface area contributed by atoms with Crippen LogP contribution in [0.3, 0.4) is 0 Å². The van der Waals surface area contributed by atoms with Crippen molar-refractivity contribution in [3.63, 3.8) is 0 Å². The van der Waals surface area contributed by atoms with Gasteiger partial charge in [-0.2, -0.15) is 0 Å². The summed E-state index contributed by atoms with van der Waals surface area (Å²) in [6, 6.07) is 19.5. The Hall–Kier alpha value is -2.88. The van der Waals surface area contributed by atoms with Crippen LogP contribution in [0.4, 0.5) is 0 Å². The molecular formula is C28H36O4. The van der Waals surface area contributed by atoms with Gasteiger partial charge in [0.1, 0.15) is 12.2 Å². The molecule has 0 aromatic heterocycles. The number of carbonyl (C=O) groups excluding carboxylic acids is 2. The summed E-state index contributed by atoms with van der Waals surface area (Å²) in [5.74, 6) is -1.68. The molecule has 0 saturated carbocycles. The molecule has 0 heterocycles. The van der Waals surface area contributed by atoms with Crippen molar-refractivity contribution in [3.05, 3.63) is 77.9 Å². The molecule has 2 aromatic carbocycles. The van der Waals surface area contributed by atoms with Crippen molar-refractivity contribution in [2.24, 2.45) is 17.8 Å². The van der Waals surface area contributed by atoms with Crippen LogP contribution in [0, 0.1) is 17.8 Å². The first-order chi connectivity index (χ1) is 15.2. The van der Waals surface area contributed by atoms with E-state index in [0.29, 0.717) is 12.8 Å². The molecular weight excluding hydrogens is 400 g/mol. The van der Waals surface area contributed by atoms with Crippen LogP contribution in [0.5, 0.6) is 0 Å². The number of hydrogen-bond acceptors (Lipinski definition) is 4. The van der Waals surface area contributed by atoms with Crippen molar-refractivity contribution in [1.82, 2.24) is 0 Å². The second-order valence-corrected chi connectivity index (χ2v) is 9.52. The average molecular weight is 437 g/mol. The van der Waals surface area contributed by atoms with E-state index in [2.05, 4.69) is 0 Å². The fourth-order valence-electron chi connectivity index (χ4n) is 3.49. The smallest absolute Gasteiger partial charge is 0.310 e. The predicted octanol–water partition coefficient (Wildman–Crippen LogP) is 6.45. The quantitative estimate of drug-likeness (QED) is 0.401. The van der Waals surface area contributed by atoms with E-state index in [-0.39, 0.29) is 24.5 Å². The van der Waals surface area contributed by atoms with E-state index in [1.807, 2.05) is 107 Å². The molecule has 0 fully saturated rings. The Morgan fingerprint density at radius 3 is 2.03 bits per heavy atom. The Labute approximate surface area is 192 Å². The van der Waals surface area contributed by atoms with E-state index in [0.717, 1.165) is 11.1 Å². The summed E-state index contributed by atoms with van der Waals surface area (Å²) in [6.45, 7) is 9.80. The molecule has 0 aliphatic heterocycles. The standard InChI is InChI=1S/C28H36O4/c1-21(2)19-25(26(29)31-20-23-15-10-7-11-16-23)24(27(30)32-28(3,4)5)18-12-17-22-13-8-6-9-14-22/h6-17,21,24-25H,18-20H2,1-5H3/t24-,25-/m0/s1. The lowest BCUT2D eigenvalue weighted by Gasteiger charge is -2.28. The van der Waals surface area contributed by atoms with Crippen molar-refractivity contribution in [1.29, 1.82) is 0 Å². The van der Waals surface area contributed by atoms with Gasteiger partial charge in [0, 0.05) is 0 Å². The molecule has 2 rings (SSSR count). The molecule has 2 aromatic rings. The number of hydrogen-bond donors (Lipinski definition) is 0. The number of carbonyl (C=O) groups is 2. The lowest BCUT2D eigenvalue weighted by Crippen LogP contribution is -2.36. The second-order valence-electron chi connectivity index (χ2n) is 9.52. The molecule has 0 amide bonds.